The van der Waals surface area contributed by atoms with Crippen LogP contribution in [0.25, 0.3) is 0 Å². The minimum absolute atomic E-state index is 0.103. The number of hydrogen-bond donors (Lipinski definition) is 0. The van der Waals surface area contributed by atoms with Gasteiger partial charge in [-0.1, -0.05) is 48.0 Å². The zero-order chi connectivity index (χ0) is 13.4. The molecule has 0 saturated carbocycles. The van der Waals surface area contributed by atoms with Crippen molar-refractivity contribution in [3.63, 3.8) is 0 Å². The van der Waals surface area contributed by atoms with Gasteiger partial charge in [-0.15, -0.1) is 0 Å². The molecule has 1 aliphatic rings. The predicted molar refractivity (Wildman–Crippen MR) is 77.0 cm³/mol. The van der Waals surface area contributed by atoms with E-state index < -0.39 is 0 Å². The topological polar surface area (TPSA) is 29.4 Å². The summed E-state index contributed by atoms with van der Waals surface area (Å²) >= 11 is 6.07. The summed E-state index contributed by atoms with van der Waals surface area (Å²) in [6.45, 7) is 1.88. The second-order valence-electron chi connectivity index (χ2n) is 4.62. The number of halogens is 1. The van der Waals surface area contributed by atoms with E-state index in [1.54, 1.807) is 0 Å². The third-order valence-electron chi connectivity index (χ3n) is 3.38. The summed E-state index contributed by atoms with van der Waals surface area (Å²) < 4.78 is 0. The van der Waals surface area contributed by atoms with E-state index >= 15 is 0 Å². The Hall–Kier alpha value is -1.93. The molecule has 1 heterocycles. The summed E-state index contributed by atoms with van der Waals surface area (Å²) in [5.74, 6) is -0.312. The monoisotopic (exact) mass is 269 g/mol. The SMILES string of the molecule is CC1C(=O)N=C(c2ccccc2)c2cc(Cl)ccc21. The third-order valence-corrected chi connectivity index (χ3v) is 3.61. The number of amides is 1. The Morgan fingerprint density at radius 3 is 2.58 bits per heavy atom. The minimum Gasteiger partial charge on any atom is -0.272 e. The number of nitrogens with zero attached hydrogens (tertiary/aromatic N) is 1. The van der Waals surface area contributed by atoms with E-state index in [4.69, 9.17) is 11.6 Å². The van der Waals surface area contributed by atoms with Crippen molar-refractivity contribution >= 4 is 23.2 Å². The first-order valence-corrected chi connectivity index (χ1v) is 6.52. The van der Waals surface area contributed by atoms with Crippen molar-refractivity contribution in [2.45, 2.75) is 12.8 Å². The highest BCUT2D eigenvalue weighted by Gasteiger charge is 2.26. The second-order valence-corrected chi connectivity index (χ2v) is 5.05. The summed E-state index contributed by atoms with van der Waals surface area (Å²) in [6, 6.07) is 15.3. The van der Waals surface area contributed by atoms with E-state index in [0.717, 1.165) is 16.7 Å². The van der Waals surface area contributed by atoms with Crippen molar-refractivity contribution < 1.29 is 4.79 Å². The fourth-order valence-corrected chi connectivity index (χ4v) is 2.50. The fraction of sp³-hybridized carbons (Fsp3) is 0.125. The lowest BCUT2D eigenvalue weighted by molar-refractivity contribution is -0.118. The molecule has 0 radical (unpaired) electrons. The van der Waals surface area contributed by atoms with Gasteiger partial charge in [0.15, 0.2) is 0 Å². The van der Waals surface area contributed by atoms with Crippen LogP contribution in [0.3, 0.4) is 0 Å². The number of aliphatic imine (C=N–C) groups is 1. The van der Waals surface area contributed by atoms with Gasteiger partial charge in [0.05, 0.1) is 11.6 Å². The number of rotatable bonds is 1. The number of carbonyl (C=O) groups is 1. The van der Waals surface area contributed by atoms with Gasteiger partial charge in [-0.05, 0) is 24.6 Å². The summed E-state index contributed by atoms with van der Waals surface area (Å²) in [4.78, 5) is 16.2. The second kappa shape index (κ2) is 4.63. The van der Waals surface area contributed by atoms with Crippen molar-refractivity contribution in [2.24, 2.45) is 4.99 Å². The molecule has 0 fully saturated rings. The Morgan fingerprint density at radius 2 is 1.84 bits per heavy atom. The smallest absolute Gasteiger partial charge is 0.253 e. The molecule has 94 valence electrons. The van der Waals surface area contributed by atoms with E-state index in [9.17, 15) is 4.79 Å². The maximum absolute atomic E-state index is 12.0. The lowest BCUT2D eigenvalue weighted by Gasteiger charge is -2.21. The van der Waals surface area contributed by atoms with Crippen LogP contribution < -0.4 is 0 Å². The molecule has 0 N–H and O–H groups in total. The van der Waals surface area contributed by atoms with Crippen molar-refractivity contribution in [3.05, 3.63) is 70.2 Å². The van der Waals surface area contributed by atoms with Gasteiger partial charge in [0, 0.05) is 16.1 Å². The molecule has 1 atom stereocenters. The van der Waals surface area contributed by atoms with Crippen LogP contribution in [0.15, 0.2) is 53.5 Å². The zero-order valence-corrected chi connectivity index (χ0v) is 11.2. The van der Waals surface area contributed by atoms with Gasteiger partial charge in [-0.25, -0.2) is 4.99 Å². The van der Waals surface area contributed by atoms with Crippen LogP contribution in [0.2, 0.25) is 5.02 Å². The molecule has 1 amide bonds. The first-order chi connectivity index (χ1) is 9.16. The minimum atomic E-state index is -0.209. The van der Waals surface area contributed by atoms with Gasteiger partial charge in [-0.2, -0.15) is 0 Å². The number of fused-ring (bicyclic) bond motifs is 1. The predicted octanol–water partition coefficient (Wildman–Crippen LogP) is 3.82. The number of carbonyl (C=O) groups excluding carboxylic acids is 1. The molecule has 0 spiro atoms. The van der Waals surface area contributed by atoms with Gasteiger partial charge in [0.25, 0.3) is 5.91 Å². The number of benzene rings is 2. The van der Waals surface area contributed by atoms with Gasteiger partial charge in [0.1, 0.15) is 0 Å². The van der Waals surface area contributed by atoms with Crippen molar-refractivity contribution in [1.82, 2.24) is 0 Å². The molecular weight excluding hydrogens is 258 g/mol. The fourth-order valence-electron chi connectivity index (χ4n) is 2.33. The molecule has 0 aromatic heterocycles. The molecule has 2 nitrogen and oxygen atoms in total. The largest absolute Gasteiger partial charge is 0.272 e. The van der Waals surface area contributed by atoms with E-state index in [1.807, 2.05) is 55.5 Å². The summed E-state index contributed by atoms with van der Waals surface area (Å²) in [5, 5.41) is 0.656. The average molecular weight is 270 g/mol. The lowest BCUT2D eigenvalue weighted by atomic mass is 9.87. The first kappa shape index (κ1) is 12.1. The molecule has 3 rings (SSSR count). The van der Waals surface area contributed by atoms with Crippen LogP contribution in [-0.2, 0) is 4.79 Å². The van der Waals surface area contributed by atoms with Crippen LogP contribution in [0.1, 0.15) is 29.5 Å². The summed E-state index contributed by atoms with van der Waals surface area (Å²) in [7, 11) is 0. The van der Waals surface area contributed by atoms with Crippen LogP contribution >= 0.6 is 11.6 Å². The van der Waals surface area contributed by atoms with Gasteiger partial charge >= 0.3 is 0 Å². The molecule has 2 aromatic rings. The Morgan fingerprint density at radius 1 is 1.11 bits per heavy atom. The molecule has 0 saturated heterocycles. The van der Waals surface area contributed by atoms with Crippen LogP contribution in [0.4, 0.5) is 0 Å². The molecule has 1 unspecified atom stereocenters. The summed E-state index contributed by atoms with van der Waals surface area (Å²) in [5.41, 5.74) is 3.58. The third kappa shape index (κ3) is 2.08. The van der Waals surface area contributed by atoms with Crippen LogP contribution in [0, 0.1) is 0 Å². The van der Waals surface area contributed by atoms with Crippen molar-refractivity contribution in [3.8, 4) is 0 Å². The maximum atomic E-state index is 12.0. The quantitative estimate of drug-likeness (QED) is 0.774. The molecular formula is C16H12ClNO. The highest BCUT2D eigenvalue weighted by molar-refractivity contribution is 6.31. The van der Waals surface area contributed by atoms with Crippen molar-refractivity contribution in [1.29, 1.82) is 0 Å². The van der Waals surface area contributed by atoms with E-state index in [1.165, 1.54) is 0 Å². The lowest BCUT2D eigenvalue weighted by Crippen LogP contribution is -2.21. The highest BCUT2D eigenvalue weighted by Crippen LogP contribution is 2.30. The molecule has 0 bridgehead atoms. The number of hydrogen-bond acceptors (Lipinski definition) is 1. The zero-order valence-electron chi connectivity index (χ0n) is 10.4. The Labute approximate surface area is 116 Å². The van der Waals surface area contributed by atoms with Crippen LogP contribution in [-0.4, -0.2) is 11.6 Å². The summed E-state index contributed by atoms with van der Waals surface area (Å²) in [6.07, 6.45) is 0. The van der Waals surface area contributed by atoms with Gasteiger partial charge < -0.3 is 0 Å². The Balaban J connectivity index is 2.23. The van der Waals surface area contributed by atoms with Crippen LogP contribution in [0.5, 0.6) is 0 Å². The average Bonchev–Trinajstić information content (AvgIpc) is 2.43. The molecule has 19 heavy (non-hydrogen) atoms. The highest BCUT2D eigenvalue weighted by atomic mass is 35.5. The molecule has 2 aromatic carbocycles. The van der Waals surface area contributed by atoms with Crippen molar-refractivity contribution in [2.75, 3.05) is 0 Å². The molecule has 3 heteroatoms. The standard InChI is InChI=1S/C16H12ClNO/c1-10-13-8-7-12(17)9-14(13)15(18-16(10)19)11-5-3-2-4-6-11/h2-10H,1H3. The Bertz CT molecular complexity index is 676. The Kier molecular flexibility index (Phi) is 2.96. The molecule has 0 aliphatic carbocycles. The van der Waals surface area contributed by atoms with E-state index in [0.29, 0.717) is 10.7 Å². The normalized spacial score (nSPS) is 17.9. The molecule has 1 aliphatic heterocycles. The van der Waals surface area contributed by atoms with E-state index in [-0.39, 0.29) is 11.8 Å². The van der Waals surface area contributed by atoms with Gasteiger partial charge in [0.2, 0.25) is 0 Å². The van der Waals surface area contributed by atoms with Gasteiger partial charge in [-0.3, -0.25) is 4.79 Å². The maximum Gasteiger partial charge on any atom is 0.253 e. The first-order valence-electron chi connectivity index (χ1n) is 6.14. The van der Waals surface area contributed by atoms with E-state index in [2.05, 4.69) is 4.99 Å².